The van der Waals surface area contributed by atoms with E-state index in [9.17, 15) is 9.59 Å². The third kappa shape index (κ3) is 2.68. The third-order valence-electron chi connectivity index (χ3n) is 5.37. The molecule has 0 fully saturated rings. The van der Waals surface area contributed by atoms with Gasteiger partial charge in [0, 0.05) is 6.20 Å². The van der Waals surface area contributed by atoms with Crippen LogP contribution >= 0.6 is 0 Å². The number of nitrogens with zero attached hydrogens (tertiary/aromatic N) is 4. The quantitative estimate of drug-likeness (QED) is 0.475. The van der Waals surface area contributed by atoms with Crippen molar-refractivity contribution in [2.24, 2.45) is 0 Å². The number of pyridine rings is 1. The van der Waals surface area contributed by atoms with E-state index in [2.05, 4.69) is 10.1 Å². The molecule has 0 saturated heterocycles. The summed E-state index contributed by atoms with van der Waals surface area (Å²) in [5.74, 6) is 0.444. The van der Waals surface area contributed by atoms with E-state index in [4.69, 9.17) is 9.47 Å². The van der Waals surface area contributed by atoms with E-state index in [0.29, 0.717) is 45.2 Å². The highest BCUT2D eigenvalue weighted by atomic mass is 16.5. The van der Waals surface area contributed by atoms with Gasteiger partial charge in [0.05, 0.1) is 42.1 Å². The molecule has 4 aromatic rings. The Bertz CT molecular complexity index is 1360. The lowest BCUT2D eigenvalue weighted by atomic mass is 10.1. The van der Waals surface area contributed by atoms with Crippen LogP contribution in [0.4, 0.5) is 5.69 Å². The van der Waals surface area contributed by atoms with Gasteiger partial charge in [0.2, 0.25) is 0 Å². The summed E-state index contributed by atoms with van der Waals surface area (Å²) in [5, 5.41) is 5.16. The maximum Gasteiger partial charge on any atom is 0.267 e. The minimum atomic E-state index is -0.413. The summed E-state index contributed by atoms with van der Waals surface area (Å²) in [6.07, 6.45) is 1.44. The zero-order valence-electron chi connectivity index (χ0n) is 17.1. The van der Waals surface area contributed by atoms with E-state index in [0.717, 1.165) is 4.90 Å². The number of fused-ring (bicyclic) bond motifs is 3. The summed E-state index contributed by atoms with van der Waals surface area (Å²) in [6.45, 7) is 1.80. The van der Waals surface area contributed by atoms with E-state index in [-0.39, 0.29) is 5.56 Å². The maximum atomic E-state index is 13.4. The molecular formula is C23H18N4O4. The predicted molar refractivity (Wildman–Crippen MR) is 114 cm³/mol. The van der Waals surface area contributed by atoms with Gasteiger partial charge in [-0.15, -0.1) is 0 Å². The molecule has 8 heteroatoms. The van der Waals surface area contributed by atoms with Crippen LogP contribution in [0.15, 0.2) is 54.7 Å². The number of anilines is 1. The zero-order valence-corrected chi connectivity index (χ0v) is 17.1. The second kappa shape index (κ2) is 6.94. The number of ether oxygens (including phenoxy) is 2. The molecule has 0 aliphatic carbocycles. The number of carbonyl (C=O) groups excluding carboxylic acids is 2. The molecule has 2 aromatic carbocycles. The Morgan fingerprint density at radius 3 is 2.35 bits per heavy atom. The Morgan fingerprint density at radius 2 is 1.65 bits per heavy atom. The second-order valence-corrected chi connectivity index (χ2v) is 7.06. The molecule has 31 heavy (non-hydrogen) atoms. The zero-order chi connectivity index (χ0) is 21.7. The number of para-hydroxylation sites is 2. The van der Waals surface area contributed by atoms with Crippen LogP contribution in [0.5, 0.6) is 11.5 Å². The van der Waals surface area contributed by atoms with Crippen molar-refractivity contribution in [2.75, 3.05) is 19.1 Å². The summed E-state index contributed by atoms with van der Waals surface area (Å²) in [6, 6.07) is 14.2. The van der Waals surface area contributed by atoms with Crippen LogP contribution in [0, 0.1) is 6.92 Å². The van der Waals surface area contributed by atoms with Gasteiger partial charge in [-0.3, -0.25) is 9.59 Å². The van der Waals surface area contributed by atoms with E-state index in [1.165, 1.54) is 6.20 Å². The SMILES string of the molecule is COc1ccc(N2C(=O)c3cnc4c(c(C)nn4-c4ccccc4OC)c3C2=O)cc1. The molecule has 8 nitrogen and oxygen atoms in total. The first-order valence-electron chi connectivity index (χ1n) is 9.59. The average Bonchev–Trinajstić information content (AvgIpc) is 3.27. The number of imide groups is 1. The molecule has 0 spiro atoms. The monoisotopic (exact) mass is 414 g/mol. The largest absolute Gasteiger partial charge is 0.497 e. The highest BCUT2D eigenvalue weighted by Gasteiger charge is 2.40. The molecule has 0 radical (unpaired) electrons. The topological polar surface area (TPSA) is 86.6 Å². The highest BCUT2D eigenvalue weighted by Crippen LogP contribution is 2.36. The lowest BCUT2D eigenvalue weighted by molar-refractivity contribution is 0.0926. The Hall–Kier alpha value is -4.20. The molecule has 0 bridgehead atoms. The maximum absolute atomic E-state index is 13.4. The van der Waals surface area contributed by atoms with E-state index in [1.807, 2.05) is 24.3 Å². The van der Waals surface area contributed by atoms with Crippen molar-refractivity contribution in [1.29, 1.82) is 0 Å². The second-order valence-electron chi connectivity index (χ2n) is 7.06. The lowest BCUT2D eigenvalue weighted by Gasteiger charge is -2.14. The number of hydrogen-bond donors (Lipinski definition) is 0. The third-order valence-corrected chi connectivity index (χ3v) is 5.37. The van der Waals surface area contributed by atoms with Crippen molar-refractivity contribution in [3.63, 3.8) is 0 Å². The first-order chi connectivity index (χ1) is 15.0. The number of benzene rings is 2. The molecule has 2 amide bonds. The van der Waals surface area contributed by atoms with E-state index >= 15 is 0 Å². The van der Waals surface area contributed by atoms with Crippen LogP contribution in [0.2, 0.25) is 0 Å². The van der Waals surface area contributed by atoms with Crippen LogP contribution in [0.25, 0.3) is 16.7 Å². The molecule has 5 rings (SSSR count). The molecule has 0 unspecified atom stereocenters. The molecule has 0 saturated carbocycles. The number of aromatic nitrogens is 3. The molecule has 2 aromatic heterocycles. The minimum Gasteiger partial charge on any atom is -0.497 e. The van der Waals surface area contributed by atoms with Gasteiger partial charge in [-0.05, 0) is 43.3 Å². The number of rotatable bonds is 4. The van der Waals surface area contributed by atoms with Crippen molar-refractivity contribution in [3.05, 3.63) is 71.5 Å². The number of methoxy groups -OCH3 is 2. The Kier molecular flexibility index (Phi) is 4.21. The number of carbonyl (C=O) groups is 2. The van der Waals surface area contributed by atoms with Gasteiger partial charge < -0.3 is 9.47 Å². The Balaban J connectivity index is 1.69. The van der Waals surface area contributed by atoms with Gasteiger partial charge in [0.1, 0.15) is 17.2 Å². The first-order valence-corrected chi connectivity index (χ1v) is 9.59. The Morgan fingerprint density at radius 1 is 0.903 bits per heavy atom. The minimum absolute atomic E-state index is 0.260. The average molecular weight is 414 g/mol. The van der Waals surface area contributed by atoms with Crippen LogP contribution in [-0.4, -0.2) is 40.8 Å². The summed E-state index contributed by atoms with van der Waals surface area (Å²) >= 11 is 0. The smallest absolute Gasteiger partial charge is 0.267 e. The van der Waals surface area contributed by atoms with Crippen molar-refractivity contribution in [3.8, 4) is 17.2 Å². The Labute approximate surface area is 177 Å². The summed E-state index contributed by atoms with van der Waals surface area (Å²) in [5.41, 5.74) is 2.82. The standard InChI is InChI=1S/C23H18N4O4/c1-13-19-20-16(22(28)26(23(20)29)14-8-10-15(30-2)11-9-14)12-24-21(19)27(25-13)17-6-4-5-7-18(17)31-3/h4-12H,1-3H3. The highest BCUT2D eigenvalue weighted by molar-refractivity contribution is 6.37. The van der Waals surface area contributed by atoms with Crippen LogP contribution in [-0.2, 0) is 0 Å². The lowest BCUT2D eigenvalue weighted by Crippen LogP contribution is -2.29. The summed E-state index contributed by atoms with van der Waals surface area (Å²) in [4.78, 5) is 32.1. The normalized spacial score (nSPS) is 13.1. The molecule has 0 atom stereocenters. The van der Waals surface area contributed by atoms with Crippen LogP contribution in [0.1, 0.15) is 26.4 Å². The van der Waals surface area contributed by atoms with Gasteiger partial charge >= 0.3 is 0 Å². The molecule has 3 heterocycles. The van der Waals surface area contributed by atoms with E-state index < -0.39 is 11.8 Å². The molecular weight excluding hydrogens is 396 g/mol. The fraction of sp³-hybridized carbons (Fsp3) is 0.130. The van der Waals surface area contributed by atoms with Gasteiger partial charge in [0.15, 0.2) is 5.65 Å². The predicted octanol–water partition coefficient (Wildman–Crippen LogP) is 3.55. The van der Waals surface area contributed by atoms with E-state index in [1.54, 1.807) is 50.1 Å². The number of aryl methyl sites for hydroxylation is 1. The fourth-order valence-corrected chi connectivity index (χ4v) is 3.90. The van der Waals surface area contributed by atoms with Gasteiger partial charge in [-0.1, -0.05) is 12.1 Å². The van der Waals surface area contributed by atoms with Crippen molar-refractivity contribution < 1.29 is 19.1 Å². The number of amides is 2. The van der Waals surface area contributed by atoms with Gasteiger partial charge in [-0.2, -0.15) is 5.10 Å². The molecule has 1 aliphatic rings. The van der Waals surface area contributed by atoms with Gasteiger partial charge in [0.25, 0.3) is 11.8 Å². The molecule has 1 aliphatic heterocycles. The summed E-state index contributed by atoms with van der Waals surface area (Å²) < 4.78 is 12.3. The van der Waals surface area contributed by atoms with Gasteiger partial charge in [-0.25, -0.2) is 14.6 Å². The molecule has 0 N–H and O–H groups in total. The molecule has 154 valence electrons. The van der Waals surface area contributed by atoms with Crippen molar-refractivity contribution in [1.82, 2.24) is 14.8 Å². The first kappa shape index (κ1) is 18.8. The summed E-state index contributed by atoms with van der Waals surface area (Å²) in [7, 11) is 3.14. The fourth-order valence-electron chi connectivity index (χ4n) is 3.90. The van der Waals surface area contributed by atoms with Crippen LogP contribution in [0.3, 0.4) is 0 Å². The number of hydrogen-bond acceptors (Lipinski definition) is 6. The van der Waals surface area contributed by atoms with Crippen LogP contribution < -0.4 is 14.4 Å². The van der Waals surface area contributed by atoms with Crippen molar-refractivity contribution >= 4 is 28.5 Å². The van der Waals surface area contributed by atoms with Crippen molar-refractivity contribution in [2.45, 2.75) is 6.92 Å².